The molecule has 1 aliphatic carbocycles. The Morgan fingerprint density at radius 2 is 2.05 bits per heavy atom. The predicted octanol–water partition coefficient (Wildman–Crippen LogP) is 4.10. The third kappa shape index (κ3) is 3.88. The average molecular weight is 307 g/mol. The second-order valence-corrected chi connectivity index (χ2v) is 7.72. The molecule has 118 valence electrons. The van der Waals surface area contributed by atoms with Crippen molar-refractivity contribution in [2.24, 2.45) is 5.92 Å². The molecule has 3 heteroatoms. The second-order valence-electron chi connectivity index (χ2n) is 6.71. The van der Waals surface area contributed by atoms with E-state index in [1.807, 2.05) is 11.3 Å². The van der Waals surface area contributed by atoms with Crippen molar-refractivity contribution in [2.75, 3.05) is 6.54 Å². The lowest BCUT2D eigenvalue weighted by Gasteiger charge is -2.40. The Bertz CT molecular complexity index is 423. The number of hydrogen-bond donors (Lipinski definition) is 2. The summed E-state index contributed by atoms with van der Waals surface area (Å²) < 4.78 is 0. The molecule has 0 radical (unpaired) electrons. The van der Waals surface area contributed by atoms with Crippen LogP contribution in [0.3, 0.4) is 0 Å². The van der Waals surface area contributed by atoms with Crippen LogP contribution in [0.1, 0.15) is 62.3 Å². The first kappa shape index (κ1) is 15.5. The summed E-state index contributed by atoms with van der Waals surface area (Å²) in [7, 11) is 0. The second kappa shape index (κ2) is 7.75. The molecule has 3 unspecified atom stereocenters. The topological polar surface area (TPSA) is 24.1 Å². The lowest BCUT2D eigenvalue weighted by molar-refractivity contribution is 0.181. The monoisotopic (exact) mass is 306 g/mol. The number of nitrogens with one attached hydrogen (secondary N) is 2. The Morgan fingerprint density at radius 3 is 2.86 bits per heavy atom. The molecule has 3 atom stereocenters. The molecule has 2 nitrogen and oxygen atoms in total. The van der Waals surface area contributed by atoms with Gasteiger partial charge < -0.3 is 10.6 Å². The van der Waals surface area contributed by atoms with Crippen LogP contribution in [0.25, 0.3) is 0 Å². The lowest BCUT2D eigenvalue weighted by atomic mass is 9.77. The van der Waals surface area contributed by atoms with E-state index in [9.17, 15) is 0 Å². The molecular weight excluding hydrogens is 276 g/mol. The van der Waals surface area contributed by atoms with Crippen molar-refractivity contribution in [3.8, 4) is 0 Å². The van der Waals surface area contributed by atoms with E-state index in [1.54, 1.807) is 4.88 Å². The zero-order chi connectivity index (χ0) is 14.5. The molecule has 1 saturated heterocycles. The SMILES string of the molecule is CCc1ccsc1CNC1CCCCC1C1CCCCN1. The summed E-state index contributed by atoms with van der Waals surface area (Å²) in [5, 5.41) is 9.96. The fourth-order valence-electron chi connectivity index (χ4n) is 4.20. The van der Waals surface area contributed by atoms with Crippen LogP contribution in [0, 0.1) is 5.92 Å². The molecule has 0 aromatic carbocycles. The number of aryl methyl sites for hydroxylation is 1. The number of rotatable bonds is 5. The Kier molecular flexibility index (Phi) is 5.73. The molecule has 2 aliphatic rings. The highest BCUT2D eigenvalue weighted by atomic mass is 32.1. The largest absolute Gasteiger partial charge is 0.314 e. The third-order valence-electron chi connectivity index (χ3n) is 5.43. The molecule has 2 N–H and O–H groups in total. The van der Waals surface area contributed by atoms with Crippen molar-refractivity contribution >= 4 is 11.3 Å². The van der Waals surface area contributed by atoms with Gasteiger partial charge in [-0.1, -0.05) is 26.2 Å². The van der Waals surface area contributed by atoms with Gasteiger partial charge in [0.25, 0.3) is 0 Å². The molecule has 0 bridgehead atoms. The standard InChI is InChI=1S/C18H30N2S/c1-2-14-10-12-21-18(14)13-20-17-8-4-3-7-15(17)16-9-5-6-11-19-16/h10,12,15-17,19-20H,2-9,11,13H2,1H3. The van der Waals surface area contributed by atoms with Gasteiger partial charge in [-0.2, -0.15) is 0 Å². The fourth-order valence-corrected chi connectivity index (χ4v) is 5.13. The lowest BCUT2D eigenvalue weighted by Crippen LogP contribution is -2.50. The highest BCUT2D eigenvalue weighted by Crippen LogP contribution is 2.31. The first-order valence-corrected chi connectivity index (χ1v) is 9.78. The minimum atomic E-state index is 0.723. The van der Waals surface area contributed by atoms with E-state index in [0.717, 1.165) is 24.5 Å². The quantitative estimate of drug-likeness (QED) is 0.856. The zero-order valence-corrected chi connectivity index (χ0v) is 14.2. The van der Waals surface area contributed by atoms with Crippen molar-refractivity contribution in [3.05, 3.63) is 21.9 Å². The summed E-state index contributed by atoms with van der Waals surface area (Å²) >= 11 is 1.92. The van der Waals surface area contributed by atoms with E-state index in [0.29, 0.717) is 0 Å². The molecule has 21 heavy (non-hydrogen) atoms. The Balaban J connectivity index is 1.58. The maximum absolute atomic E-state index is 3.92. The number of hydrogen-bond acceptors (Lipinski definition) is 3. The summed E-state index contributed by atoms with van der Waals surface area (Å²) in [4.78, 5) is 1.55. The van der Waals surface area contributed by atoms with Crippen molar-refractivity contribution in [2.45, 2.75) is 76.9 Å². The minimum absolute atomic E-state index is 0.723. The van der Waals surface area contributed by atoms with Gasteiger partial charge in [-0.15, -0.1) is 11.3 Å². The zero-order valence-electron chi connectivity index (χ0n) is 13.4. The minimum Gasteiger partial charge on any atom is -0.314 e. The smallest absolute Gasteiger partial charge is 0.0305 e. The summed E-state index contributed by atoms with van der Waals surface area (Å²) in [6.07, 6.45) is 11.0. The molecule has 1 aliphatic heterocycles. The summed E-state index contributed by atoms with van der Waals surface area (Å²) in [5.41, 5.74) is 1.54. The van der Waals surface area contributed by atoms with Gasteiger partial charge in [0.1, 0.15) is 0 Å². The third-order valence-corrected chi connectivity index (χ3v) is 6.39. The first-order valence-electron chi connectivity index (χ1n) is 8.90. The molecule has 1 aromatic rings. The van der Waals surface area contributed by atoms with Crippen molar-refractivity contribution in [1.82, 2.24) is 10.6 Å². The average Bonchev–Trinajstić information content (AvgIpc) is 3.01. The van der Waals surface area contributed by atoms with Gasteiger partial charge in [0, 0.05) is 23.5 Å². The molecule has 0 amide bonds. The van der Waals surface area contributed by atoms with Crippen LogP contribution < -0.4 is 10.6 Å². The van der Waals surface area contributed by atoms with E-state index in [2.05, 4.69) is 29.0 Å². The molecule has 1 aromatic heterocycles. The molecular formula is C18H30N2S. The molecule has 2 fully saturated rings. The van der Waals surface area contributed by atoms with Crippen molar-refractivity contribution in [3.63, 3.8) is 0 Å². The highest BCUT2D eigenvalue weighted by molar-refractivity contribution is 7.10. The van der Waals surface area contributed by atoms with Gasteiger partial charge in [-0.3, -0.25) is 0 Å². The van der Waals surface area contributed by atoms with Crippen LogP contribution in [0.4, 0.5) is 0 Å². The highest BCUT2D eigenvalue weighted by Gasteiger charge is 2.32. The number of piperidine rings is 1. The fraction of sp³-hybridized carbons (Fsp3) is 0.778. The molecule has 2 heterocycles. The van der Waals surface area contributed by atoms with Gasteiger partial charge in [-0.25, -0.2) is 0 Å². The van der Waals surface area contributed by atoms with E-state index in [1.165, 1.54) is 63.5 Å². The van der Waals surface area contributed by atoms with E-state index in [-0.39, 0.29) is 0 Å². The van der Waals surface area contributed by atoms with Crippen LogP contribution in [-0.4, -0.2) is 18.6 Å². The van der Waals surface area contributed by atoms with Gasteiger partial charge in [0.15, 0.2) is 0 Å². The van der Waals surface area contributed by atoms with Crippen LogP contribution in [-0.2, 0) is 13.0 Å². The number of thiophene rings is 1. The van der Waals surface area contributed by atoms with Crippen LogP contribution in [0.2, 0.25) is 0 Å². The van der Waals surface area contributed by atoms with Crippen LogP contribution in [0.5, 0.6) is 0 Å². The van der Waals surface area contributed by atoms with E-state index in [4.69, 9.17) is 0 Å². The van der Waals surface area contributed by atoms with E-state index >= 15 is 0 Å². The summed E-state index contributed by atoms with van der Waals surface area (Å²) in [5.74, 6) is 0.851. The summed E-state index contributed by atoms with van der Waals surface area (Å²) in [6.45, 7) is 4.58. The van der Waals surface area contributed by atoms with Crippen LogP contribution in [0.15, 0.2) is 11.4 Å². The summed E-state index contributed by atoms with van der Waals surface area (Å²) in [6, 6.07) is 3.79. The van der Waals surface area contributed by atoms with Gasteiger partial charge >= 0.3 is 0 Å². The first-order chi connectivity index (χ1) is 10.4. The maximum atomic E-state index is 3.92. The Morgan fingerprint density at radius 1 is 1.19 bits per heavy atom. The molecule has 3 rings (SSSR count). The molecule has 1 saturated carbocycles. The van der Waals surface area contributed by atoms with E-state index < -0.39 is 0 Å². The van der Waals surface area contributed by atoms with Gasteiger partial charge in [-0.05, 0) is 61.6 Å². The van der Waals surface area contributed by atoms with Gasteiger partial charge in [0.05, 0.1) is 0 Å². The van der Waals surface area contributed by atoms with Gasteiger partial charge in [0.2, 0.25) is 0 Å². The predicted molar refractivity (Wildman–Crippen MR) is 91.9 cm³/mol. The molecule has 0 spiro atoms. The normalized spacial score (nSPS) is 30.4. The van der Waals surface area contributed by atoms with Crippen molar-refractivity contribution in [1.29, 1.82) is 0 Å². The van der Waals surface area contributed by atoms with Crippen LogP contribution >= 0.6 is 11.3 Å². The maximum Gasteiger partial charge on any atom is 0.0305 e. The van der Waals surface area contributed by atoms with Crippen molar-refractivity contribution < 1.29 is 0 Å². The Labute approximate surface area is 133 Å². The Hall–Kier alpha value is -0.380.